The molecule has 4 unspecified atom stereocenters. The van der Waals surface area contributed by atoms with Crippen molar-refractivity contribution >= 4 is 17.2 Å². The van der Waals surface area contributed by atoms with E-state index >= 15 is 0 Å². The van der Waals surface area contributed by atoms with Crippen LogP contribution in [0.5, 0.6) is 0 Å². The molecule has 0 aromatic carbocycles. The average Bonchev–Trinajstić information content (AvgIpc) is 3.32. The highest BCUT2D eigenvalue weighted by Crippen LogP contribution is 2.43. The Morgan fingerprint density at radius 3 is 2.88 bits per heavy atom. The SMILES string of the molecule is O=C(NC1C2CCOC2C1N1CCCC1)c1cc2c(s1)CCCCC2. The van der Waals surface area contributed by atoms with Gasteiger partial charge in [0, 0.05) is 17.4 Å². The fourth-order valence-electron chi connectivity index (χ4n) is 5.34. The summed E-state index contributed by atoms with van der Waals surface area (Å²) < 4.78 is 5.98. The average molecular weight is 361 g/mol. The number of carbonyl (C=O) groups excluding carboxylic acids is 1. The van der Waals surface area contributed by atoms with Gasteiger partial charge in [-0.2, -0.15) is 0 Å². The standard InChI is InChI=1S/C20H28N2O2S/c23-20(16-12-13-6-2-1-3-7-15(13)25-16)21-17-14-8-11-24-19(14)18(17)22-9-4-5-10-22/h12,14,17-19H,1-11H2,(H,21,23). The van der Waals surface area contributed by atoms with Crippen LogP contribution in [0.15, 0.2) is 6.07 Å². The topological polar surface area (TPSA) is 41.6 Å². The first-order valence-electron chi connectivity index (χ1n) is 10.1. The molecule has 1 N–H and O–H groups in total. The molecule has 1 amide bonds. The summed E-state index contributed by atoms with van der Waals surface area (Å²) >= 11 is 1.74. The molecule has 0 bridgehead atoms. The van der Waals surface area contributed by atoms with Gasteiger partial charge in [0.15, 0.2) is 0 Å². The molecule has 5 rings (SSSR count). The first-order valence-corrected chi connectivity index (χ1v) is 10.9. The second-order valence-electron chi connectivity index (χ2n) is 8.14. The van der Waals surface area contributed by atoms with Gasteiger partial charge in [-0.3, -0.25) is 9.69 Å². The lowest BCUT2D eigenvalue weighted by molar-refractivity contribution is -0.0747. The number of nitrogens with zero attached hydrogens (tertiary/aromatic N) is 1. The molecule has 0 radical (unpaired) electrons. The van der Waals surface area contributed by atoms with Crippen molar-refractivity contribution in [3.8, 4) is 0 Å². The molecule has 2 aliphatic heterocycles. The highest BCUT2D eigenvalue weighted by atomic mass is 32.1. The van der Waals surface area contributed by atoms with Gasteiger partial charge < -0.3 is 10.1 Å². The van der Waals surface area contributed by atoms with Crippen molar-refractivity contribution in [2.75, 3.05) is 19.7 Å². The Morgan fingerprint density at radius 2 is 2.00 bits per heavy atom. The molecule has 1 saturated carbocycles. The van der Waals surface area contributed by atoms with E-state index in [4.69, 9.17) is 4.74 Å². The lowest BCUT2D eigenvalue weighted by atomic mass is 9.70. The molecule has 4 aliphatic rings. The van der Waals surface area contributed by atoms with Crippen molar-refractivity contribution in [2.45, 2.75) is 69.6 Å². The summed E-state index contributed by atoms with van der Waals surface area (Å²) in [6, 6.07) is 2.85. The Labute approximate surface area is 153 Å². The maximum atomic E-state index is 12.9. The van der Waals surface area contributed by atoms with Crippen LogP contribution in [-0.2, 0) is 17.6 Å². The van der Waals surface area contributed by atoms with Gasteiger partial charge in [-0.15, -0.1) is 11.3 Å². The summed E-state index contributed by atoms with van der Waals surface area (Å²) in [5.74, 6) is 0.671. The lowest BCUT2D eigenvalue weighted by Crippen LogP contribution is -2.70. The molecule has 2 saturated heterocycles. The summed E-state index contributed by atoms with van der Waals surface area (Å²) in [5, 5.41) is 3.41. The van der Waals surface area contributed by atoms with Gasteiger partial charge in [0.2, 0.25) is 0 Å². The van der Waals surface area contributed by atoms with Crippen LogP contribution < -0.4 is 5.32 Å². The first kappa shape index (κ1) is 16.3. The normalized spacial score (nSPS) is 34.9. The second kappa shape index (κ2) is 6.67. The van der Waals surface area contributed by atoms with Crippen molar-refractivity contribution < 1.29 is 9.53 Å². The van der Waals surface area contributed by atoms with Gasteiger partial charge >= 0.3 is 0 Å². The van der Waals surface area contributed by atoms with E-state index in [-0.39, 0.29) is 11.9 Å². The smallest absolute Gasteiger partial charge is 0.261 e. The summed E-state index contributed by atoms with van der Waals surface area (Å²) in [6.45, 7) is 3.19. The minimum absolute atomic E-state index is 0.151. The minimum Gasteiger partial charge on any atom is -0.376 e. The van der Waals surface area contributed by atoms with E-state index in [0.29, 0.717) is 18.1 Å². The lowest BCUT2D eigenvalue weighted by Gasteiger charge is -2.51. The largest absolute Gasteiger partial charge is 0.376 e. The van der Waals surface area contributed by atoms with E-state index in [1.54, 1.807) is 11.3 Å². The third-order valence-electron chi connectivity index (χ3n) is 6.68. The predicted octanol–water partition coefficient (Wildman–Crippen LogP) is 3.00. The van der Waals surface area contributed by atoms with Gasteiger partial charge in [-0.1, -0.05) is 6.42 Å². The maximum absolute atomic E-state index is 12.9. The molecule has 1 aromatic heterocycles. The molecule has 4 atom stereocenters. The van der Waals surface area contributed by atoms with Gasteiger partial charge in [0.1, 0.15) is 0 Å². The summed E-state index contributed by atoms with van der Waals surface area (Å²) in [5.41, 5.74) is 1.43. The summed E-state index contributed by atoms with van der Waals surface area (Å²) in [7, 11) is 0. The van der Waals surface area contributed by atoms with E-state index in [1.165, 1.54) is 42.5 Å². The molecule has 25 heavy (non-hydrogen) atoms. The number of fused-ring (bicyclic) bond motifs is 2. The molecule has 5 heteroatoms. The zero-order chi connectivity index (χ0) is 16.8. The van der Waals surface area contributed by atoms with Crippen LogP contribution in [0.4, 0.5) is 0 Å². The zero-order valence-electron chi connectivity index (χ0n) is 14.8. The van der Waals surface area contributed by atoms with Crippen LogP contribution in [0.3, 0.4) is 0 Å². The number of thiophene rings is 1. The molecule has 0 spiro atoms. The van der Waals surface area contributed by atoms with Crippen molar-refractivity contribution in [1.29, 1.82) is 0 Å². The Morgan fingerprint density at radius 1 is 1.16 bits per heavy atom. The molecule has 136 valence electrons. The van der Waals surface area contributed by atoms with E-state index in [9.17, 15) is 4.79 Å². The number of rotatable bonds is 3. The first-order chi connectivity index (χ1) is 12.3. The quantitative estimate of drug-likeness (QED) is 0.843. The van der Waals surface area contributed by atoms with E-state index < -0.39 is 0 Å². The number of carbonyl (C=O) groups is 1. The van der Waals surface area contributed by atoms with Crippen LogP contribution in [0, 0.1) is 5.92 Å². The van der Waals surface area contributed by atoms with Gasteiger partial charge in [-0.25, -0.2) is 0 Å². The number of nitrogens with one attached hydrogen (secondary N) is 1. The number of amides is 1. The number of likely N-dealkylation sites (tertiary alicyclic amines) is 1. The van der Waals surface area contributed by atoms with Crippen molar-refractivity contribution in [3.63, 3.8) is 0 Å². The highest BCUT2D eigenvalue weighted by Gasteiger charge is 2.56. The van der Waals surface area contributed by atoms with Gasteiger partial charge in [0.25, 0.3) is 5.91 Å². The van der Waals surface area contributed by atoms with Crippen LogP contribution in [0.25, 0.3) is 0 Å². The summed E-state index contributed by atoms with van der Waals surface area (Å²) in [6.07, 6.45) is 10.2. The van der Waals surface area contributed by atoms with Crippen LogP contribution >= 0.6 is 11.3 Å². The van der Waals surface area contributed by atoms with Gasteiger partial charge in [0.05, 0.1) is 23.1 Å². The molecule has 2 aliphatic carbocycles. The van der Waals surface area contributed by atoms with Crippen molar-refractivity contribution in [2.24, 2.45) is 5.92 Å². The summed E-state index contributed by atoms with van der Waals surface area (Å²) in [4.78, 5) is 17.9. The third kappa shape index (κ3) is 2.84. The van der Waals surface area contributed by atoms with Crippen LogP contribution in [0.2, 0.25) is 0 Å². The zero-order valence-corrected chi connectivity index (χ0v) is 15.7. The fourth-order valence-corrected chi connectivity index (χ4v) is 6.50. The highest BCUT2D eigenvalue weighted by molar-refractivity contribution is 7.14. The van der Waals surface area contributed by atoms with Crippen molar-refractivity contribution in [1.82, 2.24) is 10.2 Å². The predicted molar refractivity (Wildman–Crippen MR) is 99.3 cm³/mol. The molecule has 1 aromatic rings. The molecule has 3 heterocycles. The second-order valence-corrected chi connectivity index (χ2v) is 9.28. The maximum Gasteiger partial charge on any atom is 0.261 e. The minimum atomic E-state index is 0.151. The Kier molecular flexibility index (Phi) is 4.34. The number of hydrogen-bond acceptors (Lipinski definition) is 4. The van der Waals surface area contributed by atoms with Gasteiger partial charge in [-0.05, 0) is 69.7 Å². The van der Waals surface area contributed by atoms with Crippen LogP contribution in [0.1, 0.15) is 58.6 Å². The van der Waals surface area contributed by atoms with Crippen molar-refractivity contribution in [3.05, 3.63) is 21.4 Å². The number of hydrogen-bond donors (Lipinski definition) is 1. The number of ether oxygens (including phenoxy) is 1. The fraction of sp³-hybridized carbons (Fsp3) is 0.750. The Balaban J connectivity index is 1.31. The van der Waals surface area contributed by atoms with E-state index in [1.807, 2.05) is 0 Å². The third-order valence-corrected chi connectivity index (χ3v) is 7.92. The number of aryl methyl sites for hydroxylation is 2. The molecular formula is C20H28N2O2S. The Hall–Kier alpha value is -0.910. The molecule has 3 fully saturated rings. The van der Waals surface area contributed by atoms with E-state index in [2.05, 4.69) is 16.3 Å². The van der Waals surface area contributed by atoms with Crippen LogP contribution in [-0.4, -0.2) is 48.7 Å². The Bertz CT molecular complexity index is 624. The molecular weight excluding hydrogens is 332 g/mol. The molecule has 4 nitrogen and oxygen atoms in total. The van der Waals surface area contributed by atoms with E-state index in [0.717, 1.165) is 43.8 Å². The monoisotopic (exact) mass is 360 g/mol.